The number of nitrogens with zero attached hydrogens (tertiary/aromatic N) is 2. The summed E-state index contributed by atoms with van der Waals surface area (Å²) in [7, 11) is 0. The third-order valence-corrected chi connectivity index (χ3v) is 5.02. The van der Waals surface area contributed by atoms with Gasteiger partial charge in [-0.3, -0.25) is 19.3 Å². The van der Waals surface area contributed by atoms with Gasteiger partial charge in [0.2, 0.25) is 5.91 Å². The van der Waals surface area contributed by atoms with Gasteiger partial charge in [0.15, 0.2) is 5.78 Å². The van der Waals surface area contributed by atoms with Gasteiger partial charge >= 0.3 is 5.97 Å². The number of likely N-dealkylation sites (tertiary alicyclic amines) is 1. The highest BCUT2D eigenvalue weighted by atomic mass is 16.4. The number of Topliss-reactive ketones (excluding diaryl/α,β-unsaturated/α-hetero) is 1. The van der Waals surface area contributed by atoms with Crippen molar-refractivity contribution in [2.24, 2.45) is 0 Å². The lowest BCUT2D eigenvalue weighted by molar-refractivity contribution is -0.140. The Morgan fingerprint density at radius 1 is 1.12 bits per heavy atom. The molecule has 26 heavy (non-hydrogen) atoms. The average molecular weight is 360 g/mol. The molecule has 1 aliphatic heterocycles. The fraction of sp³-hybridized carbons (Fsp3) is 0.550. The highest BCUT2D eigenvalue weighted by molar-refractivity contribution is 5.98. The molecule has 1 N–H and O–H groups in total. The Kier molecular flexibility index (Phi) is 7.33. The molecule has 1 saturated heterocycles. The number of aliphatic carboxylic acids is 1. The zero-order valence-corrected chi connectivity index (χ0v) is 15.6. The minimum absolute atomic E-state index is 0.00481. The lowest BCUT2D eigenvalue weighted by atomic mass is 10.0. The lowest BCUT2D eigenvalue weighted by Gasteiger charge is -2.37. The summed E-state index contributed by atoms with van der Waals surface area (Å²) in [6.45, 7) is 5.90. The predicted molar refractivity (Wildman–Crippen MR) is 99.2 cm³/mol. The summed E-state index contributed by atoms with van der Waals surface area (Å²) in [5.74, 6) is -0.822. The average Bonchev–Trinajstić information content (AvgIpc) is 2.64. The highest BCUT2D eigenvalue weighted by Crippen LogP contribution is 2.18. The van der Waals surface area contributed by atoms with E-state index in [2.05, 4.69) is 0 Å². The number of benzene rings is 1. The molecule has 142 valence electrons. The van der Waals surface area contributed by atoms with Gasteiger partial charge in [0.1, 0.15) is 0 Å². The van der Waals surface area contributed by atoms with Crippen LogP contribution >= 0.6 is 0 Å². The zero-order chi connectivity index (χ0) is 19.1. The van der Waals surface area contributed by atoms with Crippen molar-refractivity contribution in [3.8, 4) is 0 Å². The van der Waals surface area contributed by atoms with Crippen molar-refractivity contribution in [3.05, 3.63) is 35.4 Å². The number of hydrogen-bond donors (Lipinski definition) is 1. The second kappa shape index (κ2) is 9.48. The molecule has 0 bridgehead atoms. The van der Waals surface area contributed by atoms with Crippen molar-refractivity contribution in [2.75, 3.05) is 26.2 Å². The van der Waals surface area contributed by atoms with Crippen LogP contribution in [0, 0.1) is 6.92 Å². The van der Waals surface area contributed by atoms with Crippen LogP contribution in [0.2, 0.25) is 0 Å². The number of aryl methyl sites for hydroxylation is 1. The summed E-state index contributed by atoms with van der Waals surface area (Å²) >= 11 is 0. The number of carbonyl (C=O) groups excluding carboxylic acids is 2. The number of carboxylic acid groups (broad SMARTS) is 1. The zero-order valence-electron chi connectivity index (χ0n) is 15.6. The van der Waals surface area contributed by atoms with Crippen molar-refractivity contribution >= 4 is 17.7 Å². The van der Waals surface area contributed by atoms with Crippen molar-refractivity contribution in [1.82, 2.24) is 9.80 Å². The molecule has 0 saturated carbocycles. The number of hydrogen-bond acceptors (Lipinski definition) is 4. The molecule has 0 aromatic heterocycles. The van der Waals surface area contributed by atoms with E-state index in [0.29, 0.717) is 25.2 Å². The molecule has 0 unspecified atom stereocenters. The SMILES string of the molecule is CCN(CC(=O)O)C1CCN(C(=O)CCC(=O)c2ccc(C)cc2)CC1. The number of likely N-dealkylation sites (N-methyl/N-ethyl adjacent to an activating group) is 1. The van der Waals surface area contributed by atoms with Gasteiger partial charge in [-0.1, -0.05) is 36.8 Å². The number of rotatable bonds is 8. The van der Waals surface area contributed by atoms with Crippen LogP contribution < -0.4 is 0 Å². The summed E-state index contributed by atoms with van der Waals surface area (Å²) in [5.41, 5.74) is 1.75. The van der Waals surface area contributed by atoms with E-state index in [1.807, 2.05) is 30.9 Å². The number of carbonyl (C=O) groups is 3. The second-order valence-electron chi connectivity index (χ2n) is 6.86. The minimum atomic E-state index is -0.819. The van der Waals surface area contributed by atoms with Crippen LogP contribution in [0.1, 0.15) is 48.5 Å². The van der Waals surface area contributed by atoms with Crippen LogP contribution in [0.5, 0.6) is 0 Å². The van der Waals surface area contributed by atoms with E-state index in [1.54, 1.807) is 17.0 Å². The van der Waals surface area contributed by atoms with Gasteiger partial charge in [-0.25, -0.2) is 0 Å². The summed E-state index contributed by atoms with van der Waals surface area (Å²) < 4.78 is 0. The van der Waals surface area contributed by atoms with Crippen LogP contribution in [-0.2, 0) is 9.59 Å². The fourth-order valence-electron chi connectivity index (χ4n) is 3.42. The largest absolute Gasteiger partial charge is 0.480 e. The van der Waals surface area contributed by atoms with E-state index in [0.717, 1.165) is 18.4 Å². The van der Waals surface area contributed by atoms with E-state index >= 15 is 0 Å². The van der Waals surface area contributed by atoms with E-state index in [1.165, 1.54) is 0 Å². The van der Waals surface area contributed by atoms with Gasteiger partial charge in [-0.2, -0.15) is 0 Å². The summed E-state index contributed by atoms with van der Waals surface area (Å²) in [6.07, 6.45) is 2.00. The van der Waals surface area contributed by atoms with Crippen molar-refractivity contribution < 1.29 is 19.5 Å². The maximum absolute atomic E-state index is 12.4. The number of amides is 1. The maximum atomic E-state index is 12.4. The Balaban J connectivity index is 1.78. The van der Waals surface area contributed by atoms with E-state index in [9.17, 15) is 14.4 Å². The molecule has 1 amide bonds. The molecule has 1 heterocycles. The molecule has 0 radical (unpaired) electrons. The number of ketones is 1. The summed E-state index contributed by atoms with van der Waals surface area (Å²) in [4.78, 5) is 39.2. The topological polar surface area (TPSA) is 77.9 Å². The maximum Gasteiger partial charge on any atom is 0.317 e. The molecule has 0 spiro atoms. The Morgan fingerprint density at radius 3 is 2.27 bits per heavy atom. The molecule has 0 aliphatic carbocycles. The summed E-state index contributed by atoms with van der Waals surface area (Å²) in [5, 5.41) is 8.98. The minimum Gasteiger partial charge on any atom is -0.480 e. The molecule has 1 aromatic rings. The standard InChI is InChI=1S/C20H28N2O4/c1-3-21(14-20(25)26)17-10-12-22(13-11-17)19(24)9-8-18(23)16-6-4-15(2)5-7-16/h4-7,17H,3,8-14H2,1-2H3,(H,25,26). The molecule has 1 aromatic carbocycles. The van der Waals surface area contributed by atoms with Gasteiger partial charge in [0.25, 0.3) is 0 Å². The molecular weight excluding hydrogens is 332 g/mol. The second-order valence-corrected chi connectivity index (χ2v) is 6.86. The van der Waals surface area contributed by atoms with Crippen LogP contribution in [0.4, 0.5) is 0 Å². The number of carboxylic acids is 1. The Bertz CT molecular complexity index is 634. The molecule has 2 rings (SSSR count). The quantitative estimate of drug-likeness (QED) is 0.720. The first-order chi connectivity index (χ1) is 12.4. The number of piperidine rings is 1. The van der Waals surface area contributed by atoms with Crippen LogP contribution in [0.25, 0.3) is 0 Å². The Hall–Kier alpha value is -2.21. The lowest BCUT2D eigenvalue weighted by Crippen LogP contribution is -2.48. The molecule has 0 atom stereocenters. The van der Waals surface area contributed by atoms with Gasteiger partial charge in [-0.05, 0) is 26.3 Å². The van der Waals surface area contributed by atoms with Crippen LogP contribution in [-0.4, -0.2) is 64.8 Å². The first-order valence-electron chi connectivity index (χ1n) is 9.24. The Morgan fingerprint density at radius 2 is 1.73 bits per heavy atom. The normalized spacial score (nSPS) is 15.3. The molecular formula is C20H28N2O4. The van der Waals surface area contributed by atoms with Crippen molar-refractivity contribution in [3.63, 3.8) is 0 Å². The predicted octanol–water partition coefficient (Wildman–Crippen LogP) is 2.36. The van der Waals surface area contributed by atoms with Gasteiger partial charge in [0, 0.05) is 37.5 Å². The van der Waals surface area contributed by atoms with E-state index in [4.69, 9.17) is 5.11 Å². The third kappa shape index (κ3) is 5.66. The molecule has 1 aliphatic rings. The first-order valence-corrected chi connectivity index (χ1v) is 9.24. The third-order valence-electron chi connectivity index (χ3n) is 5.02. The first kappa shape index (κ1) is 20.1. The van der Waals surface area contributed by atoms with Gasteiger partial charge < -0.3 is 10.0 Å². The van der Waals surface area contributed by atoms with Crippen molar-refractivity contribution in [2.45, 2.75) is 45.6 Å². The summed E-state index contributed by atoms with van der Waals surface area (Å²) in [6, 6.07) is 7.60. The van der Waals surface area contributed by atoms with Crippen molar-refractivity contribution in [1.29, 1.82) is 0 Å². The monoisotopic (exact) mass is 360 g/mol. The van der Waals surface area contributed by atoms with E-state index < -0.39 is 5.97 Å². The highest BCUT2D eigenvalue weighted by Gasteiger charge is 2.27. The molecule has 6 nitrogen and oxygen atoms in total. The fourth-order valence-corrected chi connectivity index (χ4v) is 3.42. The molecule has 1 fully saturated rings. The Labute approximate surface area is 154 Å². The van der Waals surface area contributed by atoms with E-state index in [-0.39, 0.29) is 37.1 Å². The van der Waals surface area contributed by atoms with Gasteiger partial charge in [0.05, 0.1) is 6.54 Å². The van der Waals surface area contributed by atoms with Gasteiger partial charge in [-0.15, -0.1) is 0 Å². The van der Waals surface area contributed by atoms with Crippen LogP contribution in [0.15, 0.2) is 24.3 Å². The van der Waals surface area contributed by atoms with Crippen LogP contribution in [0.3, 0.4) is 0 Å². The molecule has 6 heteroatoms. The smallest absolute Gasteiger partial charge is 0.317 e.